The molecule has 26 heavy (non-hydrogen) atoms. The summed E-state index contributed by atoms with van der Waals surface area (Å²) < 4.78 is 3.25. The topological polar surface area (TPSA) is 52.5 Å². The number of aliphatic hydroxyl groups is 1. The first-order chi connectivity index (χ1) is 12.7. The van der Waals surface area contributed by atoms with E-state index in [4.69, 9.17) is 0 Å². The molecule has 2 rings (SSSR count). The van der Waals surface area contributed by atoms with Crippen LogP contribution >= 0.6 is 0 Å². The summed E-state index contributed by atoms with van der Waals surface area (Å²) in [6.07, 6.45) is 5.84. The SMILES string of the molecule is CCC[CH2][Sn][CH2]CCC.OCC(Nc1ccccc1O)c1ccccc1. The van der Waals surface area contributed by atoms with Crippen LogP contribution in [-0.4, -0.2) is 38.0 Å². The van der Waals surface area contributed by atoms with Crippen LogP contribution in [0.3, 0.4) is 0 Å². The summed E-state index contributed by atoms with van der Waals surface area (Å²) in [5, 5.41) is 22.2. The Balaban J connectivity index is 0.000000321. The predicted octanol–water partition coefficient (Wildman–Crippen LogP) is 5.67. The van der Waals surface area contributed by atoms with Crippen molar-refractivity contribution in [1.29, 1.82) is 0 Å². The summed E-state index contributed by atoms with van der Waals surface area (Å²) in [6.45, 7) is 4.55. The number of aliphatic hydroxyl groups excluding tert-OH is 1. The molecule has 2 aromatic carbocycles. The van der Waals surface area contributed by atoms with Gasteiger partial charge in [-0.15, -0.1) is 0 Å². The maximum atomic E-state index is 9.66. The van der Waals surface area contributed by atoms with Crippen molar-refractivity contribution in [2.24, 2.45) is 0 Å². The summed E-state index contributed by atoms with van der Waals surface area (Å²) in [5.74, 6) is 0.182. The number of benzene rings is 2. The van der Waals surface area contributed by atoms with Gasteiger partial charge in [0.05, 0.1) is 18.3 Å². The van der Waals surface area contributed by atoms with E-state index in [1.165, 1.54) is 25.7 Å². The molecule has 2 aromatic rings. The molecule has 0 saturated heterocycles. The molecule has 3 N–H and O–H groups in total. The summed E-state index contributed by atoms with van der Waals surface area (Å²) in [7, 11) is 0. The fraction of sp³-hybridized carbons (Fsp3) is 0.455. The van der Waals surface area contributed by atoms with Crippen LogP contribution in [-0.2, 0) is 0 Å². The first-order valence-corrected chi connectivity index (χ1v) is 13.7. The molecule has 0 heterocycles. The molecule has 0 aliphatic rings. The fourth-order valence-electron chi connectivity index (χ4n) is 2.43. The number of unbranched alkanes of at least 4 members (excludes halogenated alkanes) is 2. The number of para-hydroxylation sites is 2. The smallest absolute Gasteiger partial charge is 0.138 e. The molecule has 4 heteroatoms. The van der Waals surface area contributed by atoms with Crippen molar-refractivity contribution in [3.8, 4) is 5.75 Å². The van der Waals surface area contributed by atoms with Gasteiger partial charge in [-0.2, -0.15) is 0 Å². The van der Waals surface area contributed by atoms with Gasteiger partial charge in [0.2, 0.25) is 0 Å². The third kappa shape index (κ3) is 9.48. The minimum atomic E-state index is -0.218. The van der Waals surface area contributed by atoms with E-state index >= 15 is 0 Å². The zero-order valence-electron chi connectivity index (χ0n) is 16.1. The Morgan fingerprint density at radius 2 is 1.46 bits per heavy atom. The van der Waals surface area contributed by atoms with Crippen LogP contribution in [0.2, 0.25) is 8.87 Å². The molecular weight excluding hydrogens is 429 g/mol. The fourth-order valence-corrected chi connectivity index (χ4v) is 6.59. The van der Waals surface area contributed by atoms with Crippen LogP contribution < -0.4 is 5.32 Å². The molecule has 0 aliphatic carbocycles. The van der Waals surface area contributed by atoms with E-state index in [-0.39, 0.29) is 39.5 Å². The standard InChI is InChI=1S/C14H15NO2.2C4H9.Sn/c16-10-13(11-6-2-1-3-7-11)15-12-8-4-5-9-14(12)17;2*1-3-4-2;/h1-9,13,15-17H,10H2;2*1,3-4H2,2H3;. The summed E-state index contributed by atoms with van der Waals surface area (Å²) in [4.78, 5) is 0. The van der Waals surface area contributed by atoms with Gasteiger partial charge in [-0.25, -0.2) is 0 Å². The third-order valence-corrected chi connectivity index (χ3v) is 8.07. The maximum Gasteiger partial charge on any atom is 0.138 e. The molecule has 0 spiro atoms. The van der Waals surface area contributed by atoms with Gasteiger partial charge >= 0.3 is 69.5 Å². The van der Waals surface area contributed by atoms with Crippen molar-refractivity contribution >= 4 is 26.8 Å². The van der Waals surface area contributed by atoms with Crippen molar-refractivity contribution in [1.82, 2.24) is 0 Å². The van der Waals surface area contributed by atoms with Crippen LogP contribution in [0.15, 0.2) is 54.6 Å². The Morgan fingerprint density at radius 3 is 2.00 bits per heavy atom. The van der Waals surface area contributed by atoms with E-state index in [2.05, 4.69) is 19.2 Å². The van der Waals surface area contributed by atoms with Gasteiger partial charge in [-0.3, -0.25) is 0 Å². The Labute approximate surface area is 169 Å². The van der Waals surface area contributed by atoms with Crippen LogP contribution in [0.25, 0.3) is 0 Å². The minimum absolute atomic E-state index is 0.0294. The van der Waals surface area contributed by atoms with E-state index in [1.54, 1.807) is 27.1 Å². The van der Waals surface area contributed by atoms with Crippen LogP contribution in [0.5, 0.6) is 5.75 Å². The summed E-state index contributed by atoms with van der Waals surface area (Å²) in [5.41, 5.74) is 1.61. The van der Waals surface area contributed by atoms with Gasteiger partial charge in [0.25, 0.3) is 0 Å². The van der Waals surface area contributed by atoms with Crippen molar-refractivity contribution < 1.29 is 10.2 Å². The summed E-state index contributed by atoms with van der Waals surface area (Å²) in [6, 6.07) is 16.4. The maximum absolute atomic E-state index is 9.66. The van der Waals surface area contributed by atoms with E-state index in [1.807, 2.05) is 36.4 Å². The Kier molecular flexibility index (Phi) is 13.1. The van der Waals surface area contributed by atoms with Crippen molar-refractivity contribution in [2.75, 3.05) is 11.9 Å². The van der Waals surface area contributed by atoms with Gasteiger partial charge in [0.1, 0.15) is 5.75 Å². The second kappa shape index (κ2) is 14.9. The Morgan fingerprint density at radius 1 is 0.885 bits per heavy atom. The number of anilines is 1. The van der Waals surface area contributed by atoms with Crippen LogP contribution in [0.1, 0.15) is 51.1 Å². The minimum Gasteiger partial charge on any atom is -0.506 e. The van der Waals surface area contributed by atoms with Gasteiger partial charge < -0.3 is 15.5 Å². The zero-order chi connectivity index (χ0) is 19.0. The van der Waals surface area contributed by atoms with Gasteiger partial charge in [-0.05, 0) is 17.7 Å². The molecule has 0 bridgehead atoms. The Bertz CT molecular complexity index is 571. The zero-order valence-corrected chi connectivity index (χ0v) is 19.0. The molecule has 0 fully saturated rings. The van der Waals surface area contributed by atoms with Crippen LogP contribution in [0, 0.1) is 0 Å². The van der Waals surface area contributed by atoms with Gasteiger partial charge in [0.15, 0.2) is 0 Å². The molecule has 0 amide bonds. The third-order valence-electron chi connectivity index (χ3n) is 4.03. The molecule has 1 unspecified atom stereocenters. The summed E-state index contributed by atoms with van der Waals surface area (Å²) >= 11 is 0.149. The number of nitrogens with one attached hydrogen (secondary N) is 1. The van der Waals surface area contributed by atoms with Crippen LogP contribution in [0.4, 0.5) is 5.69 Å². The molecule has 1 atom stereocenters. The number of rotatable bonds is 10. The molecular formula is C22H33NO2Sn. The molecule has 0 aliphatic heterocycles. The number of hydrogen-bond acceptors (Lipinski definition) is 3. The predicted molar refractivity (Wildman–Crippen MR) is 113 cm³/mol. The monoisotopic (exact) mass is 463 g/mol. The quantitative estimate of drug-likeness (QED) is 0.243. The number of phenols is 1. The Hall–Kier alpha value is -1.20. The van der Waals surface area contributed by atoms with Gasteiger partial charge in [-0.1, -0.05) is 42.5 Å². The normalized spacial score (nSPS) is 11.3. The number of phenolic OH excluding ortho intramolecular Hbond substituents is 1. The first kappa shape index (κ1) is 22.8. The van der Waals surface area contributed by atoms with Gasteiger partial charge in [0, 0.05) is 0 Å². The van der Waals surface area contributed by atoms with E-state index < -0.39 is 0 Å². The van der Waals surface area contributed by atoms with Crippen molar-refractivity contribution in [3.63, 3.8) is 0 Å². The van der Waals surface area contributed by atoms with E-state index in [0.717, 1.165) is 5.56 Å². The molecule has 2 radical (unpaired) electrons. The first-order valence-electron chi connectivity index (χ1n) is 9.63. The molecule has 0 aromatic heterocycles. The van der Waals surface area contributed by atoms with E-state index in [9.17, 15) is 10.2 Å². The molecule has 0 saturated carbocycles. The molecule has 3 nitrogen and oxygen atoms in total. The largest absolute Gasteiger partial charge is 0.506 e. The van der Waals surface area contributed by atoms with Crippen molar-refractivity contribution in [3.05, 3.63) is 60.2 Å². The van der Waals surface area contributed by atoms with E-state index in [0.29, 0.717) is 5.69 Å². The number of hydrogen-bond donors (Lipinski definition) is 3. The molecule has 142 valence electrons. The van der Waals surface area contributed by atoms with Crippen molar-refractivity contribution in [2.45, 2.75) is 54.4 Å². The number of aromatic hydroxyl groups is 1. The average molecular weight is 462 g/mol. The average Bonchev–Trinajstić information content (AvgIpc) is 2.68. The second-order valence-electron chi connectivity index (χ2n) is 6.26. The second-order valence-corrected chi connectivity index (χ2v) is 10.5.